The minimum Gasteiger partial charge on any atom is -0.466 e. The van der Waals surface area contributed by atoms with Gasteiger partial charge in [-0.2, -0.15) is 0 Å². The SMILES string of the molecule is [2H]C([2H])(COC(C)=O)CC(=O)OCC(=O)OCC. The van der Waals surface area contributed by atoms with E-state index >= 15 is 0 Å². The average molecular weight is 234 g/mol. The third-order valence-corrected chi connectivity index (χ3v) is 1.30. The number of hydrogen-bond acceptors (Lipinski definition) is 6. The van der Waals surface area contributed by atoms with Crippen LogP contribution in [0.2, 0.25) is 0 Å². The van der Waals surface area contributed by atoms with E-state index in [2.05, 4.69) is 14.2 Å². The van der Waals surface area contributed by atoms with Crippen molar-refractivity contribution < 1.29 is 31.3 Å². The summed E-state index contributed by atoms with van der Waals surface area (Å²) in [5.41, 5.74) is 0. The lowest BCUT2D eigenvalue weighted by Gasteiger charge is -2.04. The van der Waals surface area contributed by atoms with Gasteiger partial charge in [0.15, 0.2) is 6.61 Å². The highest BCUT2D eigenvalue weighted by atomic mass is 16.6. The third-order valence-electron chi connectivity index (χ3n) is 1.30. The van der Waals surface area contributed by atoms with Gasteiger partial charge in [-0.1, -0.05) is 0 Å². The van der Waals surface area contributed by atoms with E-state index in [4.69, 9.17) is 2.74 Å². The molecule has 92 valence electrons. The van der Waals surface area contributed by atoms with Crippen LogP contribution >= 0.6 is 0 Å². The fraction of sp³-hybridized carbons (Fsp3) is 0.700. The van der Waals surface area contributed by atoms with Gasteiger partial charge in [0.25, 0.3) is 0 Å². The number of hydrogen-bond donors (Lipinski definition) is 0. The highest BCUT2D eigenvalue weighted by molar-refractivity contribution is 5.76. The Morgan fingerprint density at radius 2 is 1.81 bits per heavy atom. The van der Waals surface area contributed by atoms with Gasteiger partial charge in [0, 0.05) is 16.1 Å². The minimum atomic E-state index is -2.03. The van der Waals surface area contributed by atoms with Crippen LogP contribution < -0.4 is 0 Å². The molecule has 0 saturated carbocycles. The Bertz CT molecular complexity index is 315. The Kier molecular flexibility index (Phi) is 5.93. The molecule has 6 nitrogen and oxygen atoms in total. The molecule has 0 aliphatic rings. The quantitative estimate of drug-likeness (QED) is 0.469. The maximum atomic E-state index is 11.2. The maximum Gasteiger partial charge on any atom is 0.344 e. The first-order chi connectivity index (χ1) is 8.26. The predicted octanol–water partition coefficient (Wildman–Crippen LogP) is 0.436. The van der Waals surface area contributed by atoms with E-state index in [9.17, 15) is 14.4 Å². The standard InChI is InChI=1S/C10H16O6/c1-3-14-10(13)7-16-9(12)5-4-6-15-8(2)11/h3-7H2,1-2H3/i4D2. The third kappa shape index (κ3) is 8.98. The van der Waals surface area contributed by atoms with Crippen LogP contribution in [0.25, 0.3) is 0 Å². The van der Waals surface area contributed by atoms with Crippen molar-refractivity contribution in [1.82, 2.24) is 0 Å². The number of carbonyl (C=O) groups excluding carboxylic acids is 3. The molecule has 16 heavy (non-hydrogen) atoms. The topological polar surface area (TPSA) is 78.9 Å². The summed E-state index contributed by atoms with van der Waals surface area (Å²) in [6.45, 7) is 1.81. The Morgan fingerprint density at radius 1 is 1.12 bits per heavy atom. The van der Waals surface area contributed by atoms with E-state index in [1.165, 1.54) is 0 Å². The molecule has 0 N–H and O–H groups in total. The molecular formula is C10H16O6. The van der Waals surface area contributed by atoms with Gasteiger partial charge in [-0.25, -0.2) is 4.79 Å². The molecule has 0 amide bonds. The lowest BCUT2D eigenvalue weighted by atomic mass is 10.3. The van der Waals surface area contributed by atoms with E-state index in [0.717, 1.165) is 6.92 Å². The minimum absolute atomic E-state index is 0.170. The fourth-order valence-corrected chi connectivity index (χ4v) is 0.699. The Hall–Kier alpha value is -1.59. The number of rotatable bonds is 7. The number of carbonyl (C=O) groups is 3. The fourth-order valence-electron chi connectivity index (χ4n) is 0.699. The monoisotopic (exact) mass is 234 g/mol. The van der Waals surface area contributed by atoms with Crippen LogP contribution in [-0.2, 0) is 28.6 Å². The van der Waals surface area contributed by atoms with Gasteiger partial charge >= 0.3 is 17.9 Å². The van der Waals surface area contributed by atoms with Crippen LogP contribution in [0.3, 0.4) is 0 Å². The van der Waals surface area contributed by atoms with Crippen LogP contribution in [0, 0.1) is 0 Å². The smallest absolute Gasteiger partial charge is 0.344 e. The second-order valence-electron chi connectivity index (χ2n) is 2.67. The van der Waals surface area contributed by atoms with Crippen LogP contribution in [0.1, 0.15) is 29.4 Å². The Labute approximate surface area is 96.7 Å². The molecular weight excluding hydrogens is 216 g/mol. The molecule has 0 fully saturated rings. The summed E-state index contributed by atoms with van der Waals surface area (Å²) in [6.07, 6.45) is -2.64. The first kappa shape index (κ1) is 10.9. The molecule has 6 heteroatoms. The lowest BCUT2D eigenvalue weighted by molar-refractivity contribution is -0.158. The van der Waals surface area contributed by atoms with Gasteiger partial charge in [0.05, 0.1) is 13.2 Å². The highest BCUT2D eigenvalue weighted by Crippen LogP contribution is 1.94. The molecule has 0 atom stereocenters. The summed E-state index contributed by atoms with van der Waals surface area (Å²) in [7, 11) is 0. The summed E-state index contributed by atoms with van der Waals surface area (Å²) >= 11 is 0. The molecule has 0 bridgehead atoms. The van der Waals surface area contributed by atoms with Gasteiger partial charge in [-0.05, 0) is 13.3 Å². The summed E-state index contributed by atoms with van der Waals surface area (Å²) in [5, 5.41) is 0. The first-order valence-corrected chi connectivity index (χ1v) is 4.71. The van der Waals surface area contributed by atoms with Crippen molar-refractivity contribution in [3.8, 4) is 0 Å². The average Bonchev–Trinajstić information content (AvgIpc) is 2.24. The van der Waals surface area contributed by atoms with E-state index in [0.29, 0.717) is 0 Å². The normalized spacial score (nSPS) is 12.1. The maximum absolute atomic E-state index is 11.2. The first-order valence-electron chi connectivity index (χ1n) is 5.71. The molecule has 0 unspecified atom stereocenters. The summed E-state index contributed by atoms with van der Waals surface area (Å²) in [5.74, 6) is -2.25. The van der Waals surface area contributed by atoms with Crippen molar-refractivity contribution in [1.29, 1.82) is 0 Å². The molecule has 0 heterocycles. The van der Waals surface area contributed by atoms with Gasteiger partial charge in [-0.15, -0.1) is 0 Å². The highest BCUT2D eigenvalue weighted by Gasteiger charge is 2.07. The second-order valence-corrected chi connectivity index (χ2v) is 2.67. The Balaban J connectivity index is 3.98. The zero-order valence-corrected chi connectivity index (χ0v) is 9.28. The predicted molar refractivity (Wildman–Crippen MR) is 53.5 cm³/mol. The van der Waals surface area contributed by atoms with Crippen LogP contribution in [0.15, 0.2) is 0 Å². The van der Waals surface area contributed by atoms with Gasteiger partial charge in [-0.3, -0.25) is 9.59 Å². The van der Waals surface area contributed by atoms with E-state index in [-0.39, 0.29) is 6.61 Å². The lowest BCUT2D eigenvalue weighted by Crippen LogP contribution is -2.16. The number of esters is 3. The van der Waals surface area contributed by atoms with Gasteiger partial charge in [0.1, 0.15) is 0 Å². The van der Waals surface area contributed by atoms with Crippen molar-refractivity contribution in [2.24, 2.45) is 0 Å². The van der Waals surface area contributed by atoms with Crippen molar-refractivity contribution in [3.05, 3.63) is 0 Å². The van der Waals surface area contributed by atoms with Crippen molar-refractivity contribution in [3.63, 3.8) is 0 Å². The van der Waals surface area contributed by atoms with E-state index in [1.807, 2.05) is 0 Å². The molecule has 0 aliphatic heterocycles. The zero-order valence-electron chi connectivity index (χ0n) is 11.3. The molecule has 0 aliphatic carbocycles. The van der Waals surface area contributed by atoms with E-state index < -0.39 is 43.9 Å². The van der Waals surface area contributed by atoms with Crippen molar-refractivity contribution >= 4 is 17.9 Å². The van der Waals surface area contributed by atoms with Crippen molar-refractivity contribution in [2.45, 2.75) is 26.6 Å². The van der Waals surface area contributed by atoms with Crippen molar-refractivity contribution in [2.75, 3.05) is 19.8 Å². The van der Waals surface area contributed by atoms with Gasteiger partial charge in [0.2, 0.25) is 0 Å². The molecule has 0 radical (unpaired) electrons. The largest absolute Gasteiger partial charge is 0.466 e. The second kappa shape index (κ2) is 8.70. The van der Waals surface area contributed by atoms with E-state index in [1.54, 1.807) is 6.92 Å². The summed E-state index contributed by atoms with van der Waals surface area (Å²) < 4.78 is 28.3. The molecule has 0 aromatic carbocycles. The Morgan fingerprint density at radius 3 is 2.38 bits per heavy atom. The molecule has 0 aromatic heterocycles. The molecule has 0 rings (SSSR count). The molecule has 0 spiro atoms. The van der Waals surface area contributed by atoms with Crippen LogP contribution in [0.5, 0.6) is 0 Å². The molecule has 0 aromatic rings. The summed E-state index contributed by atoms with van der Waals surface area (Å²) in [6, 6.07) is 0. The van der Waals surface area contributed by atoms with Crippen LogP contribution in [0.4, 0.5) is 0 Å². The zero-order chi connectivity index (χ0) is 14.2. The van der Waals surface area contributed by atoms with Gasteiger partial charge < -0.3 is 14.2 Å². The molecule has 0 saturated heterocycles. The summed E-state index contributed by atoms with van der Waals surface area (Å²) in [4.78, 5) is 32.6. The number of ether oxygens (including phenoxy) is 3. The van der Waals surface area contributed by atoms with Crippen LogP contribution in [-0.4, -0.2) is 37.7 Å².